The van der Waals surface area contributed by atoms with Crippen molar-refractivity contribution in [1.29, 1.82) is 0 Å². The molecule has 0 aromatic heterocycles. The van der Waals surface area contributed by atoms with Crippen molar-refractivity contribution in [2.24, 2.45) is 5.92 Å². The van der Waals surface area contributed by atoms with Crippen molar-refractivity contribution in [2.75, 3.05) is 0 Å². The van der Waals surface area contributed by atoms with Gasteiger partial charge in [-0.1, -0.05) is 92.4 Å². The Balaban J connectivity index is 1.78. The highest BCUT2D eigenvalue weighted by atomic mass is 31.2. The van der Waals surface area contributed by atoms with Gasteiger partial charge in [0.25, 0.3) is 0 Å². The molecule has 4 N–H and O–H groups in total. The average Bonchev–Trinajstić information content (AvgIpc) is 3.52. The number of aryl methyl sites for hydroxylation is 1. The van der Waals surface area contributed by atoms with Crippen molar-refractivity contribution in [2.45, 2.75) is 69.5 Å². The maximum absolute atomic E-state index is 14.2. The van der Waals surface area contributed by atoms with Crippen LogP contribution in [0.15, 0.2) is 97.1 Å². The van der Waals surface area contributed by atoms with Gasteiger partial charge in [-0.25, -0.2) is 9.59 Å². The minimum absolute atomic E-state index is 0.00861. The monoisotopic (exact) mass is 608 g/mol. The van der Waals surface area contributed by atoms with Crippen molar-refractivity contribution in [3.63, 3.8) is 0 Å². The van der Waals surface area contributed by atoms with Gasteiger partial charge in [0.05, 0.1) is 0 Å². The van der Waals surface area contributed by atoms with Crippen LogP contribution in [0.5, 0.6) is 0 Å². The molecule has 0 aliphatic heterocycles. The van der Waals surface area contributed by atoms with Gasteiger partial charge in [0.2, 0.25) is 13.3 Å². The number of hydrogen-bond acceptors (Lipinski definition) is 5. The molecule has 1 fully saturated rings. The van der Waals surface area contributed by atoms with Crippen LogP contribution in [0.4, 0.5) is 4.79 Å². The standard InChI is InChI=1S/C33H41N2O7P/c1-4-23(3)26(5-2)21-28(32(37)38)34-31(36)27-17-12-18-29(27)43(40,41)30(20-19-24-13-8-6-9-14-24)35-33(39)42-22-25-15-10-7-11-16-25/h4-11,13-16,27-30H,1,3,12,17-22H2,2H3,(H,34,36)(H,35,39)(H,37,38)(H,40,41)/b26-5-/t27?,28-,29?,30+/m0/s1. The Hall–Kier alpha value is -3.94. The van der Waals surface area contributed by atoms with Crippen LogP contribution in [0.3, 0.4) is 0 Å². The van der Waals surface area contributed by atoms with E-state index >= 15 is 0 Å². The molecule has 0 saturated heterocycles. The second-order valence-corrected chi connectivity index (χ2v) is 13.3. The van der Waals surface area contributed by atoms with E-state index in [1.165, 1.54) is 6.08 Å². The third kappa shape index (κ3) is 9.53. The molecule has 1 saturated carbocycles. The number of carbonyl (C=O) groups is 3. The van der Waals surface area contributed by atoms with E-state index < -0.39 is 48.7 Å². The molecule has 1 aliphatic carbocycles. The first-order chi connectivity index (χ1) is 20.6. The Morgan fingerprint density at radius 1 is 1.05 bits per heavy atom. The highest BCUT2D eigenvalue weighted by Gasteiger charge is 2.49. The first kappa shape index (κ1) is 33.6. The number of aliphatic carboxylic acids is 1. The van der Waals surface area contributed by atoms with Crippen LogP contribution in [-0.4, -0.2) is 45.5 Å². The van der Waals surface area contributed by atoms with E-state index in [0.29, 0.717) is 36.8 Å². The van der Waals surface area contributed by atoms with E-state index in [1.54, 1.807) is 25.1 Å². The molecular formula is C33H41N2O7P. The molecule has 3 unspecified atom stereocenters. The third-order valence-electron chi connectivity index (χ3n) is 7.83. The molecule has 5 atom stereocenters. The van der Waals surface area contributed by atoms with Crippen molar-refractivity contribution in [3.8, 4) is 0 Å². The zero-order valence-electron chi connectivity index (χ0n) is 24.5. The molecule has 1 aliphatic rings. The molecule has 2 aromatic carbocycles. The predicted octanol–water partition coefficient (Wildman–Crippen LogP) is 5.96. The van der Waals surface area contributed by atoms with Gasteiger partial charge in [0, 0.05) is 18.0 Å². The summed E-state index contributed by atoms with van der Waals surface area (Å²) in [5, 5.41) is 15.0. The normalized spacial score (nSPS) is 19.3. The van der Waals surface area contributed by atoms with E-state index in [9.17, 15) is 28.9 Å². The number of benzene rings is 2. The Morgan fingerprint density at radius 2 is 1.67 bits per heavy atom. The topological polar surface area (TPSA) is 142 Å². The fraction of sp³-hybridized carbons (Fsp3) is 0.364. The average molecular weight is 609 g/mol. The molecule has 43 heavy (non-hydrogen) atoms. The maximum Gasteiger partial charge on any atom is 0.408 e. The number of carboxylic acids is 1. The highest BCUT2D eigenvalue weighted by Crippen LogP contribution is 2.59. The summed E-state index contributed by atoms with van der Waals surface area (Å²) < 4.78 is 19.5. The quantitative estimate of drug-likeness (QED) is 0.144. The van der Waals surface area contributed by atoms with Crippen LogP contribution in [0.1, 0.15) is 50.2 Å². The van der Waals surface area contributed by atoms with Gasteiger partial charge in [0.1, 0.15) is 18.4 Å². The zero-order chi connectivity index (χ0) is 31.4. The summed E-state index contributed by atoms with van der Waals surface area (Å²) in [6.45, 7) is 9.27. The minimum atomic E-state index is -4.23. The number of nitrogens with one attached hydrogen (secondary N) is 2. The number of rotatable bonds is 15. The van der Waals surface area contributed by atoms with Gasteiger partial charge in [0.15, 0.2) is 0 Å². The van der Waals surface area contributed by atoms with Crippen LogP contribution in [0, 0.1) is 5.92 Å². The van der Waals surface area contributed by atoms with Gasteiger partial charge in [-0.2, -0.15) is 0 Å². The third-order valence-corrected chi connectivity index (χ3v) is 10.7. The summed E-state index contributed by atoms with van der Waals surface area (Å²) in [5.41, 5.74) is 1.91. The van der Waals surface area contributed by atoms with Crippen molar-refractivity contribution in [3.05, 3.63) is 108 Å². The number of carboxylic acid groups (broad SMARTS) is 1. The lowest BCUT2D eigenvalue weighted by Gasteiger charge is -2.31. The first-order valence-corrected chi connectivity index (χ1v) is 16.2. The molecule has 2 aromatic rings. The molecule has 230 valence electrons. The lowest BCUT2D eigenvalue weighted by atomic mass is 9.98. The van der Waals surface area contributed by atoms with Crippen molar-refractivity contribution >= 4 is 25.3 Å². The maximum atomic E-state index is 14.2. The summed E-state index contributed by atoms with van der Waals surface area (Å²) in [5.74, 6) is -3.89. The fourth-order valence-electron chi connectivity index (χ4n) is 5.38. The molecule has 10 heteroatoms. The van der Waals surface area contributed by atoms with E-state index in [2.05, 4.69) is 23.8 Å². The Bertz CT molecular complexity index is 1360. The largest absolute Gasteiger partial charge is 0.480 e. The fourth-order valence-corrected chi connectivity index (χ4v) is 7.99. The summed E-state index contributed by atoms with van der Waals surface area (Å²) in [4.78, 5) is 49.9. The molecule has 2 amide bonds. The predicted molar refractivity (Wildman–Crippen MR) is 167 cm³/mol. The van der Waals surface area contributed by atoms with Crippen LogP contribution < -0.4 is 10.6 Å². The van der Waals surface area contributed by atoms with Gasteiger partial charge < -0.3 is 25.4 Å². The Morgan fingerprint density at radius 3 is 2.26 bits per heavy atom. The molecule has 0 radical (unpaired) electrons. The first-order valence-electron chi connectivity index (χ1n) is 14.4. The second-order valence-electron chi connectivity index (χ2n) is 10.7. The zero-order valence-corrected chi connectivity index (χ0v) is 25.4. The molecule has 0 spiro atoms. The van der Waals surface area contributed by atoms with Crippen molar-refractivity contribution < 1.29 is 33.7 Å². The smallest absolute Gasteiger partial charge is 0.408 e. The van der Waals surface area contributed by atoms with Crippen molar-refractivity contribution in [1.82, 2.24) is 10.6 Å². The van der Waals surface area contributed by atoms with Crippen LogP contribution >= 0.6 is 7.37 Å². The van der Waals surface area contributed by atoms with E-state index in [1.807, 2.05) is 48.5 Å². The molecular weight excluding hydrogens is 567 g/mol. The Labute approximate surface area is 253 Å². The SMILES string of the molecule is C=CC(=C)/C(=C\C)C[C@H](NC(=O)C1CCCC1P(=O)(O)[C@H](CCc1ccccc1)NC(=O)OCc1ccccc1)C(=O)O. The van der Waals surface area contributed by atoms with E-state index in [-0.39, 0.29) is 19.4 Å². The Kier molecular flexibility index (Phi) is 12.5. The number of carbonyl (C=O) groups excluding carboxylic acids is 2. The number of allylic oxidation sites excluding steroid dienone is 3. The molecule has 9 nitrogen and oxygen atoms in total. The van der Waals surface area contributed by atoms with Crippen LogP contribution in [-0.2, 0) is 31.9 Å². The molecule has 3 rings (SSSR count). The number of ether oxygens (including phenoxy) is 1. The summed E-state index contributed by atoms with van der Waals surface area (Å²) >= 11 is 0. The van der Waals surface area contributed by atoms with Gasteiger partial charge in [-0.3, -0.25) is 9.36 Å². The van der Waals surface area contributed by atoms with Crippen LogP contribution in [0.2, 0.25) is 0 Å². The van der Waals surface area contributed by atoms with Gasteiger partial charge >= 0.3 is 12.1 Å². The molecule has 0 heterocycles. The highest BCUT2D eigenvalue weighted by molar-refractivity contribution is 7.59. The lowest BCUT2D eigenvalue weighted by Crippen LogP contribution is -2.46. The minimum Gasteiger partial charge on any atom is -0.480 e. The van der Waals surface area contributed by atoms with E-state index in [4.69, 9.17) is 4.74 Å². The van der Waals surface area contributed by atoms with Gasteiger partial charge in [-0.05, 0) is 54.9 Å². The number of hydrogen-bond donors (Lipinski definition) is 4. The molecule has 0 bridgehead atoms. The number of amides is 2. The summed E-state index contributed by atoms with van der Waals surface area (Å²) in [6.07, 6.45) is 4.08. The van der Waals surface area contributed by atoms with E-state index in [0.717, 1.165) is 11.1 Å². The van der Waals surface area contributed by atoms with Gasteiger partial charge in [-0.15, -0.1) is 0 Å². The summed E-state index contributed by atoms with van der Waals surface area (Å²) in [6, 6.07) is 17.2. The number of alkyl carbamates (subject to hydrolysis) is 1. The lowest BCUT2D eigenvalue weighted by molar-refractivity contribution is -0.142. The summed E-state index contributed by atoms with van der Waals surface area (Å²) in [7, 11) is -4.23. The van der Waals surface area contributed by atoms with Crippen LogP contribution in [0.25, 0.3) is 0 Å². The second kappa shape index (κ2) is 16.1.